The maximum atomic E-state index is 12.6. The van der Waals surface area contributed by atoms with Crippen LogP contribution in [-0.4, -0.2) is 31.3 Å². The summed E-state index contributed by atoms with van der Waals surface area (Å²) in [6.07, 6.45) is 0. The van der Waals surface area contributed by atoms with Gasteiger partial charge in [0.25, 0.3) is 5.91 Å². The molecular formula is C18H17IN2O3S. The van der Waals surface area contributed by atoms with Gasteiger partial charge < -0.3 is 14.0 Å². The summed E-state index contributed by atoms with van der Waals surface area (Å²) in [6, 6.07) is 13.3. The van der Waals surface area contributed by atoms with Crippen molar-refractivity contribution in [3.63, 3.8) is 0 Å². The maximum Gasteiger partial charge on any atom is 0.280 e. The second-order valence-electron chi connectivity index (χ2n) is 5.26. The van der Waals surface area contributed by atoms with E-state index in [1.54, 1.807) is 20.3 Å². The molecule has 0 atom stereocenters. The van der Waals surface area contributed by atoms with Crippen molar-refractivity contribution in [3.8, 4) is 5.75 Å². The molecule has 3 rings (SSSR count). The molecule has 0 radical (unpaired) electrons. The van der Waals surface area contributed by atoms with E-state index in [9.17, 15) is 4.79 Å². The van der Waals surface area contributed by atoms with Crippen molar-refractivity contribution in [2.45, 2.75) is 6.54 Å². The van der Waals surface area contributed by atoms with Gasteiger partial charge in [-0.25, -0.2) is 0 Å². The van der Waals surface area contributed by atoms with Gasteiger partial charge in [0.15, 0.2) is 4.80 Å². The van der Waals surface area contributed by atoms with Gasteiger partial charge in [0.1, 0.15) is 5.75 Å². The number of halogens is 1. The number of hydrogen-bond acceptors (Lipinski definition) is 4. The predicted octanol–water partition coefficient (Wildman–Crippen LogP) is 3.70. The van der Waals surface area contributed by atoms with Gasteiger partial charge in [-0.05, 0) is 52.9 Å². The normalized spacial score (nSPS) is 11.9. The number of aromatic nitrogens is 1. The summed E-state index contributed by atoms with van der Waals surface area (Å²) in [7, 11) is 3.30. The van der Waals surface area contributed by atoms with Crippen molar-refractivity contribution >= 4 is 50.1 Å². The van der Waals surface area contributed by atoms with Crippen molar-refractivity contribution in [3.05, 3.63) is 56.4 Å². The molecular weight excluding hydrogens is 451 g/mol. The van der Waals surface area contributed by atoms with E-state index in [0.717, 1.165) is 19.5 Å². The average molecular weight is 468 g/mol. The summed E-state index contributed by atoms with van der Waals surface area (Å²) in [5, 5.41) is 0. The molecule has 2 aromatic carbocycles. The zero-order chi connectivity index (χ0) is 17.8. The first-order valence-corrected chi connectivity index (χ1v) is 9.53. The van der Waals surface area contributed by atoms with Gasteiger partial charge in [0, 0.05) is 17.2 Å². The lowest BCUT2D eigenvalue weighted by molar-refractivity contribution is 0.0996. The van der Waals surface area contributed by atoms with Gasteiger partial charge >= 0.3 is 0 Å². The summed E-state index contributed by atoms with van der Waals surface area (Å²) < 4.78 is 14.4. The third kappa shape index (κ3) is 3.94. The molecule has 0 saturated heterocycles. The lowest BCUT2D eigenvalue weighted by Crippen LogP contribution is -2.19. The van der Waals surface area contributed by atoms with Crippen LogP contribution in [0.3, 0.4) is 0 Å². The lowest BCUT2D eigenvalue weighted by Gasteiger charge is -2.05. The van der Waals surface area contributed by atoms with E-state index in [-0.39, 0.29) is 5.91 Å². The summed E-state index contributed by atoms with van der Waals surface area (Å²) >= 11 is 3.62. The summed E-state index contributed by atoms with van der Waals surface area (Å²) in [6.45, 7) is 1.17. The minimum atomic E-state index is -0.241. The number of hydrogen-bond donors (Lipinski definition) is 0. The fraction of sp³-hybridized carbons (Fsp3) is 0.222. The Balaban J connectivity index is 2.13. The second-order valence-corrected chi connectivity index (χ2v) is 7.43. The van der Waals surface area contributed by atoms with E-state index in [4.69, 9.17) is 9.47 Å². The van der Waals surface area contributed by atoms with Gasteiger partial charge in [0.2, 0.25) is 0 Å². The minimum Gasteiger partial charge on any atom is -0.497 e. The van der Waals surface area contributed by atoms with Crippen LogP contribution in [0, 0.1) is 3.57 Å². The van der Waals surface area contributed by atoms with E-state index >= 15 is 0 Å². The molecule has 0 bridgehead atoms. The van der Waals surface area contributed by atoms with Crippen LogP contribution >= 0.6 is 33.9 Å². The Kier molecular flexibility index (Phi) is 5.87. The smallest absolute Gasteiger partial charge is 0.280 e. The van der Waals surface area contributed by atoms with Gasteiger partial charge in [0.05, 0.1) is 29.5 Å². The summed E-state index contributed by atoms with van der Waals surface area (Å²) in [4.78, 5) is 17.7. The monoisotopic (exact) mass is 468 g/mol. The Morgan fingerprint density at radius 2 is 2.04 bits per heavy atom. The van der Waals surface area contributed by atoms with E-state index in [2.05, 4.69) is 27.6 Å². The highest BCUT2D eigenvalue weighted by atomic mass is 127. The van der Waals surface area contributed by atoms with Crippen molar-refractivity contribution in [1.29, 1.82) is 0 Å². The number of thiazole rings is 1. The summed E-state index contributed by atoms with van der Waals surface area (Å²) in [5.74, 6) is 0.540. The molecule has 0 unspecified atom stereocenters. The Bertz CT molecular complexity index is 978. The molecule has 0 fully saturated rings. The molecule has 3 aromatic rings. The quantitative estimate of drug-likeness (QED) is 0.537. The fourth-order valence-corrected chi connectivity index (χ4v) is 4.15. The van der Waals surface area contributed by atoms with Crippen LogP contribution in [-0.2, 0) is 11.3 Å². The standard InChI is InChI=1S/C18H17IN2O3S/c1-23-10-9-21-15-8-7-12(24-2)11-16(15)25-18(21)20-17(22)13-5-3-4-6-14(13)19/h3-8,11H,9-10H2,1-2H3. The molecule has 5 nitrogen and oxygen atoms in total. The number of amides is 1. The number of ether oxygens (including phenoxy) is 2. The van der Waals surface area contributed by atoms with Gasteiger partial charge in [-0.3, -0.25) is 4.79 Å². The van der Waals surface area contributed by atoms with E-state index in [1.807, 2.05) is 41.0 Å². The SMILES string of the molecule is COCCn1c(=NC(=O)c2ccccc2I)sc2cc(OC)ccc21. The van der Waals surface area contributed by atoms with E-state index < -0.39 is 0 Å². The maximum absolute atomic E-state index is 12.6. The van der Waals surface area contributed by atoms with Gasteiger partial charge in [-0.1, -0.05) is 23.5 Å². The molecule has 1 aromatic heterocycles. The Hall–Kier alpha value is -1.71. The van der Waals surface area contributed by atoms with Crippen LogP contribution in [0.2, 0.25) is 0 Å². The van der Waals surface area contributed by atoms with Crippen molar-refractivity contribution < 1.29 is 14.3 Å². The molecule has 1 amide bonds. The molecule has 0 N–H and O–H groups in total. The van der Waals surface area contributed by atoms with Crippen LogP contribution in [0.1, 0.15) is 10.4 Å². The highest BCUT2D eigenvalue weighted by molar-refractivity contribution is 14.1. The number of carbonyl (C=O) groups is 1. The number of fused-ring (bicyclic) bond motifs is 1. The zero-order valence-corrected chi connectivity index (χ0v) is 16.8. The molecule has 0 aliphatic carbocycles. The topological polar surface area (TPSA) is 52.8 Å². The van der Waals surface area contributed by atoms with Crippen molar-refractivity contribution in [1.82, 2.24) is 4.57 Å². The van der Waals surface area contributed by atoms with Crippen LogP contribution in [0.5, 0.6) is 5.75 Å². The molecule has 0 aliphatic rings. The Morgan fingerprint density at radius 1 is 1.24 bits per heavy atom. The zero-order valence-electron chi connectivity index (χ0n) is 13.9. The Morgan fingerprint density at radius 3 is 2.76 bits per heavy atom. The number of methoxy groups -OCH3 is 2. The van der Waals surface area contributed by atoms with Crippen molar-refractivity contribution in [2.24, 2.45) is 4.99 Å². The number of carbonyl (C=O) groups excluding carboxylic acids is 1. The van der Waals surface area contributed by atoms with Crippen LogP contribution in [0.4, 0.5) is 0 Å². The Labute approximate surface area is 163 Å². The van der Waals surface area contributed by atoms with E-state index in [1.165, 1.54) is 11.3 Å². The number of nitrogens with zero attached hydrogens (tertiary/aromatic N) is 2. The molecule has 0 spiro atoms. The van der Waals surface area contributed by atoms with Gasteiger partial charge in [-0.15, -0.1) is 0 Å². The number of benzene rings is 2. The average Bonchev–Trinajstić information content (AvgIpc) is 2.96. The third-order valence-corrected chi connectivity index (χ3v) is 5.69. The van der Waals surface area contributed by atoms with Crippen molar-refractivity contribution in [2.75, 3.05) is 20.8 Å². The highest BCUT2D eigenvalue weighted by Crippen LogP contribution is 2.23. The largest absolute Gasteiger partial charge is 0.497 e. The van der Waals surface area contributed by atoms with Crippen LogP contribution < -0.4 is 9.54 Å². The lowest BCUT2D eigenvalue weighted by atomic mass is 10.2. The first kappa shape index (κ1) is 18.1. The number of rotatable bonds is 5. The second kappa shape index (κ2) is 8.11. The predicted molar refractivity (Wildman–Crippen MR) is 107 cm³/mol. The van der Waals surface area contributed by atoms with Crippen LogP contribution in [0.15, 0.2) is 47.5 Å². The minimum absolute atomic E-state index is 0.241. The fourth-order valence-electron chi connectivity index (χ4n) is 2.45. The molecule has 25 heavy (non-hydrogen) atoms. The molecule has 1 heterocycles. The molecule has 0 saturated carbocycles. The van der Waals surface area contributed by atoms with Gasteiger partial charge in [-0.2, -0.15) is 4.99 Å². The van der Waals surface area contributed by atoms with E-state index in [0.29, 0.717) is 23.5 Å². The molecule has 130 valence electrons. The highest BCUT2D eigenvalue weighted by Gasteiger charge is 2.11. The molecule has 7 heteroatoms. The summed E-state index contributed by atoms with van der Waals surface area (Å²) in [5.41, 5.74) is 1.62. The van der Waals surface area contributed by atoms with Crippen LogP contribution in [0.25, 0.3) is 10.2 Å². The first-order valence-electron chi connectivity index (χ1n) is 7.64. The third-order valence-electron chi connectivity index (χ3n) is 3.71. The first-order chi connectivity index (χ1) is 12.1. The molecule has 0 aliphatic heterocycles.